The highest BCUT2D eigenvalue weighted by atomic mass is 16.5. The third-order valence-corrected chi connectivity index (χ3v) is 2.37. The molecule has 0 heterocycles. The molecular formula is C8H13NO3. The van der Waals surface area contributed by atoms with E-state index in [-0.39, 0.29) is 23.7 Å². The van der Waals surface area contributed by atoms with E-state index in [0.29, 0.717) is 6.42 Å². The highest BCUT2D eigenvalue weighted by Gasteiger charge is 2.33. The molecule has 1 rings (SSSR count). The van der Waals surface area contributed by atoms with Crippen LogP contribution in [0.1, 0.15) is 19.3 Å². The van der Waals surface area contributed by atoms with Crippen molar-refractivity contribution in [2.24, 2.45) is 17.6 Å². The third-order valence-electron chi connectivity index (χ3n) is 2.37. The van der Waals surface area contributed by atoms with E-state index in [1.807, 2.05) is 0 Å². The average molecular weight is 171 g/mol. The molecule has 4 heteroatoms. The Labute approximate surface area is 71.1 Å². The molecular weight excluding hydrogens is 158 g/mol. The minimum absolute atomic E-state index is 0.118. The average Bonchev–Trinajstić information content (AvgIpc) is 2.51. The number of nitrogens with two attached hydrogens (primary N) is 1. The van der Waals surface area contributed by atoms with Crippen molar-refractivity contribution in [2.45, 2.75) is 19.3 Å². The maximum atomic E-state index is 11.0. The van der Waals surface area contributed by atoms with Crippen molar-refractivity contribution in [1.82, 2.24) is 0 Å². The summed E-state index contributed by atoms with van der Waals surface area (Å²) in [6, 6.07) is 0. The first-order valence-corrected chi connectivity index (χ1v) is 4.02. The van der Waals surface area contributed by atoms with Gasteiger partial charge in [0.05, 0.1) is 13.0 Å². The lowest BCUT2D eigenvalue weighted by Gasteiger charge is -2.05. The van der Waals surface area contributed by atoms with Gasteiger partial charge in [-0.1, -0.05) is 0 Å². The Balaban J connectivity index is 2.45. The molecule has 1 fully saturated rings. The second kappa shape index (κ2) is 3.56. The standard InChI is InChI=1S/C8H13NO3/c1-12-8(11)6-3-2-5(4-6)7(9)10/h5-6H,2-4H2,1H3,(H2,9,10). The van der Waals surface area contributed by atoms with E-state index in [2.05, 4.69) is 4.74 Å². The van der Waals surface area contributed by atoms with Gasteiger partial charge in [-0.25, -0.2) is 0 Å². The highest BCUT2D eigenvalue weighted by molar-refractivity contribution is 5.79. The van der Waals surface area contributed by atoms with E-state index in [4.69, 9.17) is 5.73 Å². The zero-order valence-corrected chi connectivity index (χ0v) is 7.08. The van der Waals surface area contributed by atoms with Gasteiger partial charge in [-0.3, -0.25) is 9.59 Å². The highest BCUT2D eigenvalue weighted by Crippen LogP contribution is 2.31. The zero-order chi connectivity index (χ0) is 9.14. The fourth-order valence-corrected chi connectivity index (χ4v) is 1.62. The van der Waals surface area contributed by atoms with Crippen molar-refractivity contribution in [3.8, 4) is 0 Å². The van der Waals surface area contributed by atoms with Crippen LogP contribution in [-0.4, -0.2) is 19.0 Å². The quantitative estimate of drug-likeness (QED) is 0.597. The van der Waals surface area contributed by atoms with E-state index in [9.17, 15) is 9.59 Å². The molecule has 0 bridgehead atoms. The van der Waals surface area contributed by atoms with Gasteiger partial charge < -0.3 is 10.5 Å². The Bertz CT molecular complexity index is 202. The van der Waals surface area contributed by atoms with Gasteiger partial charge in [0, 0.05) is 5.92 Å². The summed E-state index contributed by atoms with van der Waals surface area (Å²) < 4.78 is 4.57. The molecule has 0 saturated heterocycles. The SMILES string of the molecule is COC(=O)C1CCC(C(N)=O)C1. The summed E-state index contributed by atoms with van der Waals surface area (Å²) in [7, 11) is 1.36. The molecule has 1 amide bonds. The van der Waals surface area contributed by atoms with Crippen molar-refractivity contribution < 1.29 is 14.3 Å². The molecule has 4 nitrogen and oxygen atoms in total. The molecule has 2 atom stereocenters. The molecule has 1 saturated carbocycles. The molecule has 2 N–H and O–H groups in total. The van der Waals surface area contributed by atoms with Gasteiger partial charge in [0.2, 0.25) is 5.91 Å². The maximum Gasteiger partial charge on any atom is 0.308 e. The lowest BCUT2D eigenvalue weighted by Crippen LogP contribution is -2.22. The van der Waals surface area contributed by atoms with Gasteiger partial charge in [-0.15, -0.1) is 0 Å². The number of primary amides is 1. The smallest absolute Gasteiger partial charge is 0.308 e. The number of esters is 1. The Hall–Kier alpha value is -1.06. The van der Waals surface area contributed by atoms with E-state index < -0.39 is 0 Å². The minimum Gasteiger partial charge on any atom is -0.469 e. The Morgan fingerprint density at radius 1 is 1.33 bits per heavy atom. The molecule has 1 aliphatic rings. The summed E-state index contributed by atoms with van der Waals surface area (Å²) in [6.07, 6.45) is 2.00. The molecule has 12 heavy (non-hydrogen) atoms. The number of hydrogen-bond donors (Lipinski definition) is 1. The maximum absolute atomic E-state index is 11.0. The monoisotopic (exact) mass is 171 g/mol. The molecule has 1 aliphatic carbocycles. The van der Waals surface area contributed by atoms with Gasteiger partial charge >= 0.3 is 5.97 Å². The van der Waals surface area contributed by atoms with Gasteiger partial charge in [-0.2, -0.15) is 0 Å². The predicted molar refractivity (Wildman–Crippen MR) is 42.0 cm³/mol. The second-order valence-corrected chi connectivity index (χ2v) is 3.13. The number of amides is 1. The molecule has 0 spiro atoms. The number of ether oxygens (including phenoxy) is 1. The van der Waals surface area contributed by atoms with Gasteiger partial charge in [-0.05, 0) is 19.3 Å². The largest absolute Gasteiger partial charge is 0.469 e. The number of carbonyl (C=O) groups is 2. The summed E-state index contributed by atoms with van der Waals surface area (Å²) in [5, 5.41) is 0. The van der Waals surface area contributed by atoms with Crippen LogP contribution in [0.4, 0.5) is 0 Å². The van der Waals surface area contributed by atoms with Crippen LogP contribution in [0.5, 0.6) is 0 Å². The van der Waals surface area contributed by atoms with E-state index in [1.165, 1.54) is 7.11 Å². The summed E-state index contributed by atoms with van der Waals surface area (Å²) in [4.78, 5) is 21.7. The van der Waals surface area contributed by atoms with Crippen LogP contribution in [0.25, 0.3) is 0 Å². The van der Waals surface area contributed by atoms with Gasteiger partial charge in [0.1, 0.15) is 0 Å². The molecule has 2 unspecified atom stereocenters. The molecule has 0 aromatic rings. The molecule has 0 aliphatic heterocycles. The minimum atomic E-state index is -0.304. The van der Waals surface area contributed by atoms with E-state index in [1.54, 1.807) is 0 Å². The fourth-order valence-electron chi connectivity index (χ4n) is 1.62. The predicted octanol–water partition coefficient (Wildman–Crippen LogP) is 0.0610. The van der Waals surface area contributed by atoms with Crippen LogP contribution in [0, 0.1) is 11.8 Å². The number of rotatable bonds is 2. The molecule has 0 radical (unpaired) electrons. The van der Waals surface area contributed by atoms with Crippen LogP contribution in [0.2, 0.25) is 0 Å². The lowest BCUT2D eigenvalue weighted by molar-refractivity contribution is -0.145. The Kier molecular flexibility index (Phi) is 2.68. The van der Waals surface area contributed by atoms with Gasteiger partial charge in [0.15, 0.2) is 0 Å². The third kappa shape index (κ3) is 1.75. The van der Waals surface area contributed by atoms with Crippen molar-refractivity contribution >= 4 is 11.9 Å². The number of carbonyl (C=O) groups excluding carboxylic acids is 2. The van der Waals surface area contributed by atoms with Crippen molar-refractivity contribution in [1.29, 1.82) is 0 Å². The Morgan fingerprint density at radius 2 is 1.92 bits per heavy atom. The molecule has 0 aromatic heterocycles. The van der Waals surface area contributed by atoms with Gasteiger partial charge in [0.25, 0.3) is 0 Å². The number of methoxy groups -OCH3 is 1. The topological polar surface area (TPSA) is 69.4 Å². The first kappa shape index (κ1) is 9.03. The summed E-state index contributed by atoms with van der Waals surface area (Å²) in [6.45, 7) is 0. The van der Waals surface area contributed by atoms with Crippen molar-refractivity contribution in [3.05, 3.63) is 0 Å². The van der Waals surface area contributed by atoms with Crippen molar-refractivity contribution in [2.75, 3.05) is 7.11 Å². The van der Waals surface area contributed by atoms with Crippen LogP contribution < -0.4 is 5.73 Å². The molecule has 68 valence electrons. The first-order valence-electron chi connectivity index (χ1n) is 4.02. The zero-order valence-electron chi connectivity index (χ0n) is 7.08. The summed E-state index contributed by atoms with van der Waals surface area (Å²) in [5.41, 5.74) is 5.11. The summed E-state index contributed by atoms with van der Waals surface area (Å²) >= 11 is 0. The summed E-state index contributed by atoms with van der Waals surface area (Å²) in [5.74, 6) is -0.776. The lowest BCUT2D eigenvalue weighted by atomic mass is 10.1. The van der Waals surface area contributed by atoms with E-state index >= 15 is 0 Å². The second-order valence-electron chi connectivity index (χ2n) is 3.13. The van der Waals surface area contributed by atoms with Crippen LogP contribution >= 0.6 is 0 Å². The van der Waals surface area contributed by atoms with Crippen LogP contribution in [0.3, 0.4) is 0 Å². The van der Waals surface area contributed by atoms with E-state index in [0.717, 1.165) is 12.8 Å². The van der Waals surface area contributed by atoms with Crippen LogP contribution in [0.15, 0.2) is 0 Å². The first-order chi connectivity index (χ1) is 5.65. The molecule has 0 aromatic carbocycles. The van der Waals surface area contributed by atoms with Crippen LogP contribution in [-0.2, 0) is 14.3 Å². The van der Waals surface area contributed by atoms with Crippen molar-refractivity contribution in [3.63, 3.8) is 0 Å². The number of hydrogen-bond acceptors (Lipinski definition) is 3. The fraction of sp³-hybridized carbons (Fsp3) is 0.750. The Morgan fingerprint density at radius 3 is 2.33 bits per heavy atom. The normalized spacial score (nSPS) is 28.4.